The second kappa shape index (κ2) is 6.73. The number of alkyl halides is 3. The first-order chi connectivity index (χ1) is 11.1. The molecule has 1 aliphatic carbocycles. The lowest BCUT2D eigenvalue weighted by molar-refractivity contribution is -0.364. The molecule has 132 valence electrons. The van der Waals surface area contributed by atoms with Crippen LogP contribution in [0.2, 0.25) is 0 Å². The maximum absolute atomic E-state index is 13.2. The molecule has 0 amide bonds. The lowest BCUT2D eigenvalue weighted by Gasteiger charge is -2.46. The van der Waals surface area contributed by atoms with E-state index in [-0.39, 0.29) is 6.42 Å². The van der Waals surface area contributed by atoms with Gasteiger partial charge in [0.15, 0.2) is 0 Å². The molecule has 0 fully saturated rings. The predicted molar refractivity (Wildman–Crippen MR) is 89.4 cm³/mol. The summed E-state index contributed by atoms with van der Waals surface area (Å²) in [6.07, 6.45) is 0.332. The highest BCUT2D eigenvalue weighted by Gasteiger charge is 2.51. The van der Waals surface area contributed by atoms with Crippen LogP contribution in [-0.2, 0) is 4.74 Å². The molecule has 2 nitrogen and oxygen atoms in total. The average molecular weight is 339 g/mol. The molecule has 0 spiro atoms. The third-order valence-corrected chi connectivity index (χ3v) is 4.29. The minimum Gasteiger partial charge on any atom is -0.327 e. The number of rotatable bonds is 4. The molecule has 5 heteroatoms. The largest absolute Gasteiger partial charge is 0.523 e. The van der Waals surface area contributed by atoms with E-state index in [1.165, 1.54) is 6.08 Å². The number of hydrogen-bond donors (Lipinski definition) is 1. The van der Waals surface area contributed by atoms with Gasteiger partial charge in [-0.2, -0.15) is 0 Å². The Balaban J connectivity index is 2.55. The van der Waals surface area contributed by atoms with Crippen molar-refractivity contribution in [1.29, 1.82) is 0 Å². The Morgan fingerprint density at radius 1 is 1.17 bits per heavy atom. The summed E-state index contributed by atoms with van der Waals surface area (Å²) in [5, 5.41) is 0. The summed E-state index contributed by atoms with van der Waals surface area (Å²) in [4.78, 5) is 0. The van der Waals surface area contributed by atoms with Crippen molar-refractivity contribution in [2.75, 3.05) is 6.54 Å². The highest BCUT2D eigenvalue weighted by Crippen LogP contribution is 2.50. The normalized spacial score (nSPS) is 23.0. The first-order valence-electron chi connectivity index (χ1n) is 7.97. The molecule has 0 saturated heterocycles. The first-order valence-corrected chi connectivity index (χ1v) is 7.97. The van der Waals surface area contributed by atoms with Crippen LogP contribution in [0.25, 0.3) is 0 Å². The predicted octanol–water partition coefficient (Wildman–Crippen LogP) is 4.94. The van der Waals surface area contributed by atoms with Crippen LogP contribution in [0.15, 0.2) is 54.1 Å². The van der Waals surface area contributed by atoms with E-state index in [9.17, 15) is 13.2 Å². The average Bonchev–Trinajstić information content (AvgIpc) is 2.46. The van der Waals surface area contributed by atoms with E-state index in [0.717, 1.165) is 11.1 Å². The maximum atomic E-state index is 13.2. The second-order valence-electron chi connectivity index (χ2n) is 7.23. The third kappa shape index (κ3) is 4.28. The van der Waals surface area contributed by atoms with Gasteiger partial charge >= 0.3 is 6.36 Å². The summed E-state index contributed by atoms with van der Waals surface area (Å²) in [5.41, 5.74) is 5.32. The molecule has 0 aliphatic heterocycles. The van der Waals surface area contributed by atoms with Crippen LogP contribution in [-0.4, -0.2) is 18.5 Å². The molecule has 2 N–H and O–H groups in total. The van der Waals surface area contributed by atoms with Crippen LogP contribution >= 0.6 is 0 Å². The summed E-state index contributed by atoms with van der Waals surface area (Å²) in [6.45, 7) is 6.09. The van der Waals surface area contributed by atoms with Gasteiger partial charge in [-0.3, -0.25) is 4.74 Å². The Morgan fingerprint density at radius 2 is 1.79 bits per heavy atom. The molecule has 0 heterocycles. The van der Waals surface area contributed by atoms with Crippen molar-refractivity contribution in [2.24, 2.45) is 11.1 Å². The minimum absolute atomic E-state index is 0.131. The summed E-state index contributed by atoms with van der Waals surface area (Å²) >= 11 is 0. The molecular weight excluding hydrogens is 315 g/mol. The van der Waals surface area contributed by atoms with E-state index in [2.05, 4.69) is 0 Å². The van der Waals surface area contributed by atoms with Crippen molar-refractivity contribution in [2.45, 2.75) is 45.1 Å². The van der Waals surface area contributed by atoms with Crippen molar-refractivity contribution >= 4 is 0 Å². The van der Waals surface area contributed by atoms with Gasteiger partial charge in [-0.25, -0.2) is 0 Å². The van der Waals surface area contributed by atoms with Gasteiger partial charge in [0.05, 0.1) is 0 Å². The van der Waals surface area contributed by atoms with Gasteiger partial charge in [0.25, 0.3) is 0 Å². The fraction of sp³-hybridized carbons (Fsp3) is 0.474. The van der Waals surface area contributed by atoms with E-state index in [4.69, 9.17) is 10.5 Å². The van der Waals surface area contributed by atoms with Gasteiger partial charge in [0, 0.05) is 12.5 Å². The van der Waals surface area contributed by atoms with Gasteiger partial charge in [0.2, 0.25) is 0 Å². The highest BCUT2D eigenvalue weighted by atomic mass is 19.4. The Bertz CT molecular complexity index is 614. The first kappa shape index (κ1) is 18.7. The highest BCUT2D eigenvalue weighted by molar-refractivity contribution is 5.36. The van der Waals surface area contributed by atoms with Crippen LogP contribution in [0, 0.1) is 5.41 Å². The zero-order chi connectivity index (χ0) is 18.0. The summed E-state index contributed by atoms with van der Waals surface area (Å²) in [5.74, 6) is -0.473. The fourth-order valence-electron chi connectivity index (χ4n) is 3.55. The van der Waals surface area contributed by atoms with Gasteiger partial charge in [0.1, 0.15) is 5.60 Å². The molecule has 0 saturated carbocycles. The van der Waals surface area contributed by atoms with Crippen LogP contribution in [0.4, 0.5) is 13.2 Å². The van der Waals surface area contributed by atoms with Crippen molar-refractivity contribution in [3.8, 4) is 0 Å². The standard InChI is InChI=1S/C19H24F3NO/c1-17(2,3)16(15-7-5-4-6-8-15)18(24-19(20,21)22)11-9-14(13-23)10-12-18/h4-11,16H,12-13,23H2,1-3H3. The molecule has 2 atom stereocenters. The Kier molecular flexibility index (Phi) is 5.25. The monoisotopic (exact) mass is 339 g/mol. The van der Waals surface area contributed by atoms with Crippen molar-refractivity contribution < 1.29 is 17.9 Å². The third-order valence-electron chi connectivity index (χ3n) is 4.29. The van der Waals surface area contributed by atoms with E-state index >= 15 is 0 Å². The lowest BCUT2D eigenvalue weighted by atomic mass is 9.64. The van der Waals surface area contributed by atoms with Crippen molar-refractivity contribution in [3.05, 3.63) is 59.7 Å². The Hall–Kier alpha value is -1.59. The smallest absolute Gasteiger partial charge is 0.327 e. The van der Waals surface area contributed by atoms with Crippen LogP contribution in [0.3, 0.4) is 0 Å². The summed E-state index contributed by atoms with van der Waals surface area (Å²) < 4.78 is 44.4. The molecule has 2 rings (SSSR count). The van der Waals surface area contributed by atoms with Crippen molar-refractivity contribution in [1.82, 2.24) is 0 Å². The van der Waals surface area contributed by atoms with Crippen molar-refractivity contribution in [3.63, 3.8) is 0 Å². The zero-order valence-corrected chi connectivity index (χ0v) is 14.2. The molecule has 2 unspecified atom stereocenters. The lowest BCUT2D eigenvalue weighted by Crippen LogP contribution is -2.47. The van der Waals surface area contributed by atoms with Gasteiger partial charge in [-0.1, -0.05) is 69.3 Å². The molecule has 0 bridgehead atoms. The molecular formula is C19H24F3NO. The fourth-order valence-corrected chi connectivity index (χ4v) is 3.55. The van der Waals surface area contributed by atoms with Gasteiger partial charge in [-0.15, -0.1) is 13.2 Å². The molecule has 1 aromatic rings. The molecule has 1 aliphatic rings. The number of ether oxygens (including phenoxy) is 1. The molecule has 1 aromatic carbocycles. The van der Waals surface area contributed by atoms with E-state index < -0.39 is 23.3 Å². The van der Waals surface area contributed by atoms with Crippen LogP contribution in [0.1, 0.15) is 38.7 Å². The number of halogens is 3. The molecule has 0 radical (unpaired) electrons. The molecule has 24 heavy (non-hydrogen) atoms. The van der Waals surface area contributed by atoms with E-state index in [0.29, 0.717) is 6.54 Å². The summed E-state index contributed by atoms with van der Waals surface area (Å²) in [6, 6.07) is 9.23. The topological polar surface area (TPSA) is 35.2 Å². The number of hydrogen-bond acceptors (Lipinski definition) is 2. The minimum atomic E-state index is -4.73. The summed E-state index contributed by atoms with van der Waals surface area (Å²) in [7, 11) is 0. The van der Waals surface area contributed by atoms with Gasteiger partial charge < -0.3 is 5.73 Å². The van der Waals surface area contributed by atoms with Gasteiger partial charge in [-0.05, 0) is 23.0 Å². The van der Waals surface area contributed by atoms with Crippen LogP contribution < -0.4 is 5.73 Å². The van der Waals surface area contributed by atoms with E-state index in [1.54, 1.807) is 12.2 Å². The Labute approximate surface area is 141 Å². The zero-order valence-electron chi connectivity index (χ0n) is 14.2. The molecule has 0 aromatic heterocycles. The Morgan fingerprint density at radius 3 is 2.21 bits per heavy atom. The number of benzene rings is 1. The van der Waals surface area contributed by atoms with Crippen LogP contribution in [0.5, 0.6) is 0 Å². The number of nitrogens with two attached hydrogens (primary N) is 1. The SMILES string of the molecule is CC(C)(C)C(c1ccccc1)C1(OC(F)(F)F)C=CC(CN)=CC1. The van der Waals surface area contributed by atoms with E-state index in [1.807, 2.05) is 51.1 Å². The maximum Gasteiger partial charge on any atom is 0.523 e. The quantitative estimate of drug-likeness (QED) is 0.843. The second-order valence-corrected chi connectivity index (χ2v) is 7.23.